The third-order valence-corrected chi connectivity index (χ3v) is 3.90. The van der Waals surface area contributed by atoms with Crippen LogP contribution in [0.4, 0.5) is 29.3 Å². The maximum atomic E-state index is 13.2. The summed E-state index contributed by atoms with van der Waals surface area (Å²) in [6.07, 6.45) is -3.91. The quantitative estimate of drug-likeness (QED) is 0.895. The SMILES string of the molecule is CN(C)c1ccc(NC(=O)N2CCC(CO)C2)c(C(F)(F)F)c1. The van der Waals surface area contributed by atoms with Crippen molar-refractivity contribution >= 4 is 17.4 Å². The summed E-state index contributed by atoms with van der Waals surface area (Å²) in [4.78, 5) is 15.1. The van der Waals surface area contributed by atoms with Crippen molar-refractivity contribution in [1.29, 1.82) is 0 Å². The molecular formula is C15H20F3N3O2. The summed E-state index contributed by atoms with van der Waals surface area (Å²) in [6, 6.07) is 3.21. The van der Waals surface area contributed by atoms with Crippen molar-refractivity contribution in [2.75, 3.05) is 44.0 Å². The van der Waals surface area contributed by atoms with E-state index in [1.165, 1.54) is 17.0 Å². The second-order valence-electron chi connectivity index (χ2n) is 5.84. The first-order chi connectivity index (χ1) is 10.7. The Kier molecular flexibility index (Phi) is 5.03. The lowest BCUT2D eigenvalue weighted by Crippen LogP contribution is -2.34. The summed E-state index contributed by atoms with van der Waals surface area (Å²) in [6.45, 7) is 0.739. The third-order valence-electron chi connectivity index (χ3n) is 3.90. The van der Waals surface area contributed by atoms with Crippen LogP contribution in [0.15, 0.2) is 18.2 Å². The highest BCUT2D eigenvalue weighted by Crippen LogP contribution is 2.37. The van der Waals surface area contributed by atoms with Crippen LogP contribution in [0.25, 0.3) is 0 Å². The molecule has 0 radical (unpaired) electrons. The number of aliphatic hydroxyl groups is 1. The largest absolute Gasteiger partial charge is 0.418 e. The summed E-state index contributed by atoms with van der Waals surface area (Å²) in [5.74, 6) is -0.0149. The number of amides is 2. The number of nitrogens with one attached hydrogen (secondary N) is 1. The maximum absolute atomic E-state index is 13.2. The number of hydrogen-bond donors (Lipinski definition) is 2. The molecule has 1 saturated heterocycles. The predicted molar refractivity (Wildman–Crippen MR) is 81.6 cm³/mol. The van der Waals surface area contributed by atoms with Gasteiger partial charge >= 0.3 is 12.2 Å². The maximum Gasteiger partial charge on any atom is 0.418 e. The Morgan fingerprint density at radius 1 is 1.43 bits per heavy atom. The molecule has 0 aliphatic carbocycles. The van der Waals surface area contributed by atoms with Gasteiger partial charge < -0.3 is 20.2 Å². The molecular weight excluding hydrogens is 311 g/mol. The van der Waals surface area contributed by atoms with Crippen molar-refractivity contribution in [3.8, 4) is 0 Å². The molecule has 0 bridgehead atoms. The number of anilines is 2. The number of likely N-dealkylation sites (tertiary alicyclic amines) is 1. The average Bonchev–Trinajstić information content (AvgIpc) is 2.95. The highest BCUT2D eigenvalue weighted by Gasteiger charge is 2.35. The van der Waals surface area contributed by atoms with Crippen molar-refractivity contribution in [2.45, 2.75) is 12.6 Å². The summed E-state index contributed by atoms with van der Waals surface area (Å²) in [7, 11) is 3.29. The third kappa shape index (κ3) is 4.07. The minimum Gasteiger partial charge on any atom is -0.396 e. The van der Waals surface area contributed by atoms with Crippen molar-refractivity contribution in [3.05, 3.63) is 23.8 Å². The standard InChI is InChI=1S/C15H20F3N3O2/c1-20(2)11-3-4-13(12(7-11)15(16,17)18)19-14(23)21-6-5-10(8-21)9-22/h3-4,7,10,22H,5-6,8-9H2,1-2H3,(H,19,23). The fraction of sp³-hybridized carbons (Fsp3) is 0.533. The van der Waals surface area contributed by atoms with Crippen LogP contribution in [-0.4, -0.2) is 49.8 Å². The normalized spacial score (nSPS) is 18.2. The minimum atomic E-state index is -4.56. The average molecular weight is 331 g/mol. The zero-order chi connectivity index (χ0) is 17.2. The molecule has 2 amide bonds. The monoisotopic (exact) mass is 331 g/mol. The molecule has 1 atom stereocenters. The summed E-state index contributed by atoms with van der Waals surface area (Å²) in [5.41, 5.74) is -0.743. The van der Waals surface area contributed by atoms with Crippen LogP contribution in [0.2, 0.25) is 0 Å². The van der Waals surface area contributed by atoms with E-state index in [1.807, 2.05) is 0 Å². The van der Waals surface area contributed by atoms with Crippen LogP contribution in [0.1, 0.15) is 12.0 Å². The van der Waals surface area contributed by atoms with Crippen LogP contribution < -0.4 is 10.2 Å². The summed E-state index contributed by atoms with van der Waals surface area (Å²) < 4.78 is 39.7. The van der Waals surface area contributed by atoms with E-state index < -0.39 is 17.8 Å². The molecule has 1 unspecified atom stereocenters. The fourth-order valence-corrected chi connectivity index (χ4v) is 2.51. The van der Waals surface area contributed by atoms with E-state index in [0.29, 0.717) is 25.2 Å². The first-order valence-electron chi connectivity index (χ1n) is 7.27. The number of aliphatic hydroxyl groups excluding tert-OH is 1. The first-order valence-corrected chi connectivity index (χ1v) is 7.27. The highest BCUT2D eigenvalue weighted by molar-refractivity contribution is 5.90. The Morgan fingerprint density at radius 3 is 2.65 bits per heavy atom. The summed E-state index contributed by atoms with van der Waals surface area (Å²) >= 11 is 0. The van der Waals surface area contributed by atoms with Gasteiger partial charge in [-0.1, -0.05) is 0 Å². The number of hydrogen-bond acceptors (Lipinski definition) is 3. The molecule has 0 saturated carbocycles. The lowest BCUT2D eigenvalue weighted by atomic mass is 10.1. The van der Waals surface area contributed by atoms with E-state index in [9.17, 15) is 18.0 Å². The zero-order valence-electron chi connectivity index (χ0n) is 13.0. The number of halogens is 3. The van der Waals surface area contributed by atoms with E-state index in [1.54, 1.807) is 19.0 Å². The molecule has 5 nitrogen and oxygen atoms in total. The molecule has 0 aromatic heterocycles. The number of urea groups is 1. The molecule has 0 spiro atoms. The summed E-state index contributed by atoms with van der Waals surface area (Å²) in [5, 5.41) is 11.4. The number of alkyl halides is 3. The number of carbonyl (C=O) groups excluding carboxylic acids is 1. The van der Waals surface area contributed by atoms with Gasteiger partial charge in [0, 0.05) is 45.4 Å². The Morgan fingerprint density at radius 2 is 2.13 bits per heavy atom. The molecule has 1 aromatic carbocycles. The van der Waals surface area contributed by atoms with E-state index in [0.717, 1.165) is 6.07 Å². The lowest BCUT2D eigenvalue weighted by molar-refractivity contribution is -0.136. The second kappa shape index (κ2) is 6.66. The van der Waals surface area contributed by atoms with Crippen LogP contribution in [0.3, 0.4) is 0 Å². The van der Waals surface area contributed by atoms with Crippen molar-refractivity contribution in [2.24, 2.45) is 5.92 Å². The zero-order valence-corrected chi connectivity index (χ0v) is 13.0. The molecule has 1 aromatic rings. The molecule has 128 valence electrons. The van der Waals surface area contributed by atoms with Gasteiger partial charge in [0.25, 0.3) is 0 Å². The Labute approximate surface area is 132 Å². The van der Waals surface area contributed by atoms with Gasteiger partial charge in [0.05, 0.1) is 11.3 Å². The molecule has 23 heavy (non-hydrogen) atoms. The van der Waals surface area contributed by atoms with Crippen LogP contribution in [0.5, 0.6) is 0 Å². The molecule has 2 rings (SSSR count). The van der Waals surface area contributed by atoms with E-state index in [-0.39, 0.29) is 18.2 Å². The topological polar surface area (TPSA) is 55.8 Å². The number of carbonyl (C=O) groups is 1. The Bertz CT molecular complexity index is 576. The smallest absolute Gasteiger partial charge is 0.396 e. The van der Waals surface area contributed by atoms with Gasteiger partial charge in [0.15, 0.2) is 0 Å². The molecule has 1 aliphatic rings. The predicted octanol–water partition coefficient (Wildman–Crippen LogP) is 2.62. The molecule has 2 N–H and O–H groups in total. The number of benzene rings is 1. The van der Waals surface area contributed by atoms with Gasteiger partial charge in [-0.3, -0.25) is 0 Å². The molecule has 8 heteroatoms. The van der Waals surface area contributed by atoms with Gasteiger partial charge in [0.1, 0.15) is 0 Å². The first kappa shape index (κ1) is 17.4. The van der Waals surface area contributed by atoms with E-state index in [2.05, 4.69) is 5.32 Å². The van der Waals surface area contributed by atoms with Crippen LogP contribution in [-0.2, 0) is 6.18 Å². The van der Waals surface area contributed by atoms with E-state index in [4.69, 9.17) is 5.11 Å². The fourth-order valence-electron chi connectivity index (χ4n) is 2.51. The molecule has 1 aliphatic heterocycles. The number of nitrogens with zero attached hydrogens (tertiary/aromatic N) is 2. The Hall–Kier alpha value is -1.96. The van der Waals surface area contributed by atoms with Crippen LogP contribution >= 0.6 is 0 Å². The number of rotatable bonds is 3. The van der Waals surface area contributed by atoms with Gasteiger partial charge in [-0.25, -0.2) is 4.79 Å². The van der Waals surface area contributed by atoms with Crippen molar-refractivity contribution in [1.82, 2.24) is 4.90 Å². The van der Waals surface area contributed by atoms with Gasteiger partial charge in [-0.2, -0.15) is 13.2 Å². The van der Waals surface area contributed by atoms with Gasteiger partial charge in [-0.15, -0.1) is 0 Å². The van der Waals surface area contributed by atoms with Gasteiger partial charge in [-0.05, 0) is 24.6 Å². The van der Waals surface area contributed by atoms with E-state index >= 15 is 0 Å². The lowest BCUT2D eigenvalue weighted by Gasteiger charge is -2.21. The molecule has 1 heterocycles. The van der Waals surface area contributed by atoms with Crippen LogP contribution in [0, 0.1) is 5.92 Å². The second-order valence-corrected chi connectivity index (χ2v) is 5.84. The van der Waals surface area contributed by atoms with Gasteiger partial charge in [0.2, 0.25) is 0 Å². The Balaban J connectivity index is 2.20. The van der Waals surface area contributed by atoms with Crippen molar-refractivity contribution in [3.63, 3.8) is 0 Å². The molecule has 1 fully saturated rings. The highest BCUT2D eigenvalue weighted by atomic mass is 19.4. The minimum absolute atomic E-state index is 0.0149. The van der Waals surface area contributed by atoms with Crippen molar-refractivity contribution < 1.29 is 23.1 Å².